The molecule has 1 aromatic carbocycles. The van der Waals surface area contributed by atoms with Crippen molar-refractivity contribution in [1.29, 1.82) is 0 Å². The normalized spacial score (nSPS) is 22.2. The maximum absolute atomic E-state index is 5.64. The van der Waals surface area contributed by atoms with E-state index in [0.717, 1.165) is 19.6 Å². The largest absolute Gasteiger partial charge is 0.378 e. The molecule has 0 aliphatic carbocycles. The number of ether oxygens (including phenoxy) is 1. The summed E-state index contributed by atoms with van der Waals surface area (Å²) in [6, 6.07) is 11.1. The van der Waals surface area contributed by atoms with Crippen molar-refractivity contribution in [2.24, 2.45) is 0 Å². The van der Waals surface area contributed by atoms with Gasteiger partial charge in [0.25, 0.3) is 0 Å². The third-order valence-corrected chi connectivity index (χ3v) is 3.14. The molecule has 0 bridgehead atoms. The highest BCUT2D eigenvalue weighted by atomic mass is 16.5. The van der Waals surface area contributed by atoms with Gasteiger partial charge in [-0.05, 0) is 31.7 Å². The van der Waals surface area contributed by atoms with Crippen LogP contribution in [-0.2, 0) is 11.3 Å². The molecule has 2 heteroatoms. The Morgan fingerprint density at radius 1 is 1.38 bits per heavy atom. The van der Waals surface area contributed by atoms with Crippen LogP contribution in [0.2, 0.25) is 0 Å². The Morgan fingerprint density at radius 3 is 2.88 bits per heavy atom. The molecule has 0 saturated carbocycles. The number of nitrogens with one attached hydrogen (secondary N) is 1. The van der Waals surface area contributed by atoms with Gasteiger partial charge in [0.2, 0.25) is 0 Å². The summed E-state index contributed by atoms with van der Waals surface area (Å²) in [5, 5.41) is 3.55. The lowest BCUT2D eigenvalue weighted by Gasteiger charge is -2.17. The van der Waals surface area contributed by atoms with Crippen molar-refractivity contribution in [1.82, 2.24) is 5.32 Å². The molecular formula is C14H21NO. The van der Waals surface area contributed by atoms with E-state index in [1.165, 1.54) is 18.4 Å². The van der Waals surface area contributed by atoms with Crippen molar-refractivity contribution in [2.75, 3.05) is 6.61 Å². The van der Waals surface area contributed by atoms with Gasteiger partial charge in [-0.2, -0.15) is 0 Å². The summed E-state index contributed by atoms with van der Waals surface area (Å²) in [5.41, 5.74) is 1.35. The van der Waals surface area contributed by atoms with Crippen molar-refractivity contribution >= 4 is 0 Å². The van der Waals surface area contributed by atoms with Gasteiger partial charge in [0.1, 0.15) is 0 Å². The predicted octanol–water partition coefficient (Wildman–Crippen LogP) is 2.73. The highest BCUT2D eigenvalue weighted by Gasteiger charge is 2.17. The minimum absolute atomic E-state index is 0.485. The molecule has 2 rings (SSSR count). The second kappa shape index (κ2) is 6.02. The molecule has 1 N–H and O–H groups in total. The molecule has 0 unspecified atom stereocenters. The first-order chi connectivity index (χ1) is 7.84. The zero-order valence-corrected chi connectivity index (χ0v) is 9.99. The lowest BCUT2D eigenvalue weighted by molar-refractivity contribution is 0.0961. The molecule has 0 radical (unpaired) electrons. The van der Waals surface area contributed by atoms with Crippen LogP contribution in [0.25, 0.3) is 0 Å². The van der Waals surface area contributed by atoms with Gasteiger partial charge < -0.3 is 10.1 Å². The summed E-state index contributed by atoms with van der Waals surface area (Å²) in [4.78, 5) is 0. The maximum atomic E-state index is 5.64. The van der Waals surface area contributed by atoms with E-state index in [1.54, 1.807) is 0 Å². The highest BCUT2D eigenvalue weighted by Crippen LogP contribution is 2.16. The number of benzene rings is 1. The number of hydrogen-bond donors (Lipinski definition) is 1. The average molecular weight is 219 g/mol. The monoisotopic (exact) mass is 219 g/mol. The van der Waals surface area contributed by atoms with Crippen molar-refractivity contribution in [3.8, 4) is 0 Å². The zero-order chi connectivity index (χ0) is 11.2. The van der Waals surface area contributed by atoms with Crippen LogP contribution in [0.1, 0.15) is 31.7 Å². The summed E-state index contributed by atoms with van der Waals surface area (Å²) in [5.74, 6) is 0. The van der Waals surface area contributed by atoms with Crippen molar-refractivity contribution in [3.63, 3.8) is 0 Å². The van der Waals surface area contributed by atoms with Crippen LogP contribution < -0.4 is 5.32 Å². The summed E-state index contributed by atoms with van der Waals surface area (Å²) >= 11 is 0. The first-order valence-corrected chi connectivity index (χ1v) is 6.23. The summed E-state index contributed by atoms with van der Waals surface area (Å²) in [6.45, 7) is 4.15. The Bertz CT molecular complexity index is 293. The SMILES string of the molecule is C[C@@H](C[C@@H]1CCCO1)NCc1ccccc1. The molecule has 1 aliphatic heterocycles. The van der Waals surface area contributed by atoms with E-state index >= 15 is 0 Å². The fourth-order valence-corrected chi connectivity index (χ4v) is 2.20. The second-order valence-electron chi connectivity index (χ2n) is 4.64. The molecule has 0 amide bonds. The van der Waals surface area contributed by atoms with Gasteiger partial charge in [-0.1, -0.05) is 30.3 Å². The quantitative estimate of drug-likeness (QED) is 0.822. The van der Waals surface area contributed by atoms with E-state index in [1.807, 2.05) is 0 Å². The van der Waals surface area contributed by atoms with Crippen molar-refractivity contribution in [2.45, 2.75) is 44.9 Å². The van der Waals surface area contributed by atoms with E-state index in [0.29, 0.717) is 12.1 Å². The van der Waals surface area contributed by atoms with Crippen molar-refractivity contribution in [3.05, 3.63) is 35.9 Å². The average Bonchev–Trinajstić information content (AvgIpc) is 2.81. The molecule has 1 saturated heterocycles. The summed E-state index contributed by atoms with van der Waals surface area (Å²) in [6.07, 6.45) is 4.08. The molecule has 1 aromatic rings. The van der Waals surface area contributed by atoms with Crippen LogP contribution >= 0.6 is 0 Å². The van der Waals surface area contributed by atoms with E-state index < -0.39 is 0 Å². The van der Waals surface area contributed by atoms with Gasteiger partial charge in [-0.3, -0.25) is 0 Å². The highest BCUT2D eigenvalue weighted by molar-refractivity contribution is 5.14. The molecule has 2 atom stereocenters. The van der Waals surface area contributed by atoms with Crippen LogP contribution in [0, 0.1) is 0 Å². The summed E-state index contributed by atoms with van der Waals surface area (Å²) < 4.78 is 5.64. The van der Waals surface area contributed by atoms with Crippen LogP contribution in [0.15, 0.2) is 30.3 Å². The van der Waals surface area contributed by atoms with Gasteiger partial charge in [0.15, 0.2) is 0 Å². The molecule has 1 heterocycles. The van der Waals surface area contributed by atoms with E-state index in [-0.39, 0.29) is 0 Å². The molecule has 16 heavy (non-hydrogen) atoms. The Kier molecular flexibility index (Phi) is 4.37. The van der Waals surface area contributed by atoms with Crippen LogP contribution in [0.4, 0.5) is 0 Å². The Labute approximate surface area is 98.0 Å². The smallest absolute Gasteiger partial charge is 0.0590 e. The molecular weight excluding hydrogens is 198 g/mol. The first-order valence-electron chi connectivity index (χ1n) is 6.23. The van der Waals surface area contributed by atoms with Crippen LogP contribution in [0.3, 0.4) is 0 Å². The lowest BCUT2D eigenvalue weighted by Crippen LogP contribution is -2.29. The Balaban J connectivity index is 1.69. The number of rotatable bonds is 5. The van der Waals surface area contributed by atoms with Gasteiger partial charge >= 0.3 is 0 Å². The molecule has 2 nitrogen and oxygen atoms in total. The topological polar surface area (TPSA) is 21.3 Å². The van der Waals surface area contributed by atoms with E-state index in [2.05, 4.69) is 42.6 Å². The van der Waals surface area contributed by atoms with Crippen LogP contribution in [-0.4, -0.2) is 18.8 Å². The minimum atomic E-state index is 0.485. The molecule has 1 fully saturated rings. The maximum Gasteiger partial charge on any atom is 0.0590 e. The Morgan fingerprint density at radius 2 is 2.19 bits per heavy atom. The Hall–Kier alpha value is -0.860. The zero-order valence-electron chi connectivity index (χ0n) is 9.99. The standard InChI is InChI=1S/C14H21NO/c1-12(10-14-8-5-9-16-14)15-11-13-6-3-2-4-7-13/h2-4,6-7,12,14-15H,5,8-11H2,1H3/t12-,14-/m0/s1. The van der Waals surface area contributed by atoms with Crippen molar-refractivity contribution < 1.29 is 4.74 Å². The molecule has 88 valence electrons. The fourth-order valence-electron chi connectivity index (χ4n) is 2.20. The van der Waals surface area contributed by atoms with Gasteiger partial charge in [0.05, 0.1) is 6.10 Å². The third kappa shape index (κ3) is 3.62. The van der Waals surface area contributed by atoms with E-state index in [9.17, 15) is 0 Å². The molecule has 0 aromatic heterocycles. The first kappa shape index (κ1) is 11.6. The molecule has 1 aliphatic rings. The van der Waals surface area contributed by atoms with Gasteiger partial charge in [-0.25, -0.2) is 0 Å². The predicted molar refractivity (Wildman–Crippen MR) is 66.3 cm³/mol. The van der Waals surface area contributed by atoms with Gasteiger partial charge in [-0.15, -0.1) is 0 Å². The van der Waals surface area contributed by atoms with Crippen LogP contribution in [0.5, 0.6) is 0 Å². The fraction of sp³-hybridized carbons (Fsp3) is 0.571. The summed E-state index contributed by atoms with van der Waals surface area (Å²) in [7, 11) is 0. The van der Waals surface area contributed by atoms with E-state index in [4.69, 9.17) is 4.74 Å². The minimum Gasteiger partial charge on any atom is -0.378 e. The number of hydrogen-bond acceptors (Lipinski definition) is 2. The van der Waals surface area contributed by atoms with Gasteiger partial charge in [0, 0.05) is 19.2 Å². The lowest BCUT2D eigenvalue weighted by atomic mass is 10.1. The molecule has 0 spiro atoms. The second-order valence-corrected chi connectivity index (χ2v) is 4.64. The third-order valence-electron chi connectivity index (χ3n) is 3.14.